The highest BCUT2D eigenvalue weighted by atomic mass is 16.5. The van der Waals surface area contributed by atoms with Gasteiger partial charge in [0.1, 0.15) is 0 Å². The number of carbonyl (C=O) groups excluding carboxylic acids is 2. The normalized spacial score (nSPS) is 40.5. The highest BCUT2D eigenvalue weighted by Crippen LogP contribution is 2.52. The number of hydrogen-bond acceptors (Lipinski definition) is 4. The second-order valence-electron chi connectivity index (χ2n) is 6.08. The van der Waals surface area contributed by atoms with Gasteiger partial charge in [0, 0.05) is 31.0 Å². The molecule has 19 heavy (non-hydrogen) atoms. The van der Waals surface area contributed by atoms with Gasteiger partial charge in [-0.2, -0.15) is 0 Å². The Kier molecular flexibility index (Phi) is 3.48. The van der Waals surface area contributed by atoms with Gasteiger partial charge < -0.3 is 20.0 Å². The van der Waals surface area contributed by atoms with Gasteiger partial charge in [-0.15, -0.1) is 0 Å². The van der Waals surface area contributed by atoms with Gasteiger partial charge in [0.25, 0.3) is 0 Å². The topological polar surface area (TPSA) is 78.5 Å². The first-order chi connectivity index (χ1) is 9.16. The number of ether oxygens (including phenoxy) is 1. The fraction of sp³-hybridized carbons (Fsp3) is 0.857. The zero-order valence-electron chi connectivity index (χ0n) is 11.0. The average molecular weight is 266 g/mol. The standard InChI is InChI=1S/C14H21NO4/c16-13(15-7-10-2-1-5-19-10)11-8-3-4-9(6-8)12(11)14(17)18/h8-12H,1-7H2,(H,15,16)(H,17,18)/p-1. The van der Waals surface area contributed by atoms with E-state index in [4.69, 9.17) is 4.74 Å². The molecule has 2 saturated carbocycles. The molecule has 5 unspecified atom stereocenters. The maximum atomic E-state index is 12.2. The van der Waals surface area contributed by atoms with Gasteiger partial charge in [-0.3, -0.25) is 4.79 Å². The van der Waals surface area contributed by atoms with Gasteiger partial charge >= 0.3 is 0 Å². The Bertz CT molecular complexity index is 378. The fourth-order valence-corrected chi connectivity index (χ4v) is 4.15. The first-order valence-electron chi connectivity index (χ1n) is 7.27. The van der Waals surface area contributed by atoms with Crippen molar-refractivity contribution < 1.29 is 19.4 Å². The van der Waals surface area contributed by atoms with Gasteiger partial charge in [0.05, 0.1) is 6.10 Å². The summed E-state index contributed by atoms with van der Waals surface area (Å²) in [5.74, 6) is -1.75. The molecule has 106 valence electrons. The zero-order chi connectivity index (χ0) is 13.4. The summed E-state index contributed by atoms with van der Waals surface area (Å²) in [7, 11) is 0. The molecule has 1 aliphatic heterocycles. The van der Waals surface area contributed by atoms with Crippen LogP contribution in [0.3, 0.4) is 0 Å². The molecule has 5 nitrogen and oxygen atoms in total. The Hall–Kier alpha value is -1.10. The van der Waals surface area contributed by atoms with Crippen LogP contribution in [0.15, 0.2) is 0 Å². The minimum atomic E-state index is -1.05. The zero-order valence-corrected chi connectivity index (χ0v) is 11.0. The van der Waals surface area contributed by atoms with Gasteiger partial charge in [0.15, 0.2) is 0 Å². The van der Waals surface area contributed by atoms with Crippen LogP contribution >= 0.6 is 0 Å². The molecule has 1 saturated heterocycles. The quantitative estimate of drug-likeness (QED) is 0.757. The van der Waals surface area contributed by atoms with Crippen LogP contribution in [0.25, 0.3) is 0 Å². The Morgan fingerprint density at radius 3 is 2.53 bits per heavy atom. The van der Waals surface area contributed by atoms with Gasteiger partial charge in [0.2, 0.25) is 5.91 Å². The number of carboxylic acid groups (broad SMARTS) is 1. The minimum absolute atomic E-state index is 0.101. The van der Waals surface area contributed by atoms with Gasteiger partial charge in [-0.25, -0.2) is 0 Å². The van der Waals surface area contributed by atoms with E-state index in [1.807, 2.05) is 0 Å². The molecule has 3 rings (SSSR count). The lowest BCUT2D eigenvalue weighted by Crippen LogP contribution is -2.47. The lowest BCUT2D eigenvalue weighted by molar-refractivity contribution is -0.314. The molecule has 5 atom stereocenters. The van der Waals surface area contributed by atoms with Crippen LogP contribution in [0.1, 0.15) is 32.1 Å². The number of aliphatic carboxylic acids is 1. The monoisotopic (exact) mass is 266 g/mol. The van der Waals surface area contributed by atoms with Crippen molar-refractivity contribution in [3.63, 3.8) is 0 Å². The Morgan fingerprint density at radius 2 is 1.89 bits per heavy atom. The lowest BCUT2D eigenvalue weighted by Gasteiger charge is -2.31. The van der Waals surface area contributed by atoms with E-state index in [1.54, 1.807) is 0 Å². The molecule has 5 heteroatoms. The van der Waals surface area contributed by atoms with Crippen molar-refractivity contribution in [2.75, 3.05) is 13.2 Å². The number of rotatable bonds is 4. The highest BCUT2D eigenvalue weighted by Gasteiger charge is 2.51. The molecule has 1 amide bonds. The predicted octanol–water partition coefficient (Wildman–Crippen LogP) is -0.306. The summed E-state index contributed by atoms with van der Waals surface area (Å²) in [6.45, 7) is 1.27. The molecular formula is C14H20NO4-. The molecule has 0 spiro atoms. The van der Waals surface area contributed by atoms with E-state index in [0.29, 0.717) is 6.54 Å². The summed E-state index contributed by atoms with van der Waals surface area (Å²) in [6.07, 6.45) is 4.89. The molecule has 1 N–H and O–H groups in total. The molecule has 0 radical (unpaired) electrons. The van der Waals surface area contributed by atoms with E-state index < -0.39 is 11.9 Å². The van der Waals surface area contributed by atoms with E-state index >= 15 is 0 Å². The largest absolute Gasteiger partial charge is 0.550 e. The van der Waals surface area contributed by atoms with E-state index in [-0.39, 0.29) is 29.8 Å². The molecule has 2 bridgehead atoms. The summed E-state index contributed by atoms with van der Waals surface area (Å²) in [5, 5.41) is 14.1. The molecule has 1 heterocycles. The van der Waals surface area contributed by atoms with Crippen LogP contribution in [0, 0.1) is 23.7 Å². The Labute approximate surface area is 112 Å². The second-order valence-corrected chi connectivity index (χ2v) is 6.08. The number of carboxylic acids is 1. The number of hydrogen-bond donors (Lipinski definition) is 1. The third kappa shape index (κ3) is 2.36. The molecule has 0 aromatic heterocycles. The van der Waals surface area contributed by atoms with Crippen molar-refractivity contribution in [1.29, 1.82) is 0 Å². The van der Waals surface area contributed by atoms with Crippen LogP contribution < -0.4 is 10.4 Å². The van der Waals surface area contributed by atoms with E-state index in [9.17, 15) is 14.7 Å². The number of carbonyl (C=O) groups is 2. The second kappa shape index (κ2) is 5.12. The molecule has 3 aliphatic rings. The van der Waals surface area contributed by atoms with E-state index in [1.165, 1.54) is 0 Å². The highest BCUT2D eigenvalue weighted by molar-refractivity contribution is 5.85. The summed E-state index contributed by atoms with van der Waals surface area (Å²) in [5.41, 5.74) is 0. The van der Waals surface area contributed by atoms with Crippen LogP contribution in [-0.2, 0) is 14.3 Å². The summed E-state index contributed by atoms with van der Waals surface area (Å²) in [4.78, 5) is 23.5. The molecule has 2 aliphatic carbocycles. The van der Waals surface area contributed by atoms with Gasteiger partial charge in [-0.1, -0.05) is 0 Å². The average Bonchev–Trinajstić information content (AvgIpc) is 3.10. The van der Waals surface area contributed by atoms with Crippen molar-refractivity contribution in [3.05, 3.63) is 0 Å². The SMILES string of the molecule is O=C([O-])C1C2CCC(C2)C1C(=O)NCC1CCCO1. The van der Waals surface area contributed by atoms with Crippen LogP contribution in [0.5, 0.6) is 0 Å². The summed E-state index contributed by atoms with van der Waals surface area (Å²) >= 11 is 0. The number of amides is 1. The third-order valence-corrected chi connectivity index (χ3v) is 5.02. The number of nitrogens with one attached hydrogen (secondary N) is 1. The first-order valence-corrected chi connectivity index (χ1v) is 7.27. The summed E-state index contributed by atoms with van der Waals surface area (Å²) in [6, 6.07) is 0. The van der Waals surface area contributed by atoms with Crippen molar-refractivity contribution in [2.45, 2.75) is 38.2 Å². The van der Waals surface area contributed by atoms with Crippen molar-refractivity contribution in [2.24, 2.45) is 23.7 Å². The van der Waals surface area contributed by atoms with Crippen LogP contribution in [0.2, 0.25) is 0 Å². The maximum Gasteiger partial charge on any atom is 0.224 e. The van der Waals surface area contributed by atoms with E-state index in [0.717, 1.165) is 38.7 Å². The smallest absolute Gasteiger partial charge is 0.224 e. The maximum absolute atomic E-state index is 12.2. The van der Waals surface area contributed by atoms with Crippen LogP contribution in [0.4, 0.5) is 0 Å². The summed E-state index contributed by atoms with van der Waals surface area (Å²) < 4.78 is 5.46. The molecule has 0 aromatic carbocycles. The van der Waals surface area contributed by atoms with Crippen LogP contribution in [-0.4, -0.2) is 31.1 Å². The predicted molar refractivity (Wildman–Crippen MR) is 64.8 cm³/mol. The first kappa shape index (κ1) is 12.9. The molecular weight excluding hydrogens is 246 g/mol. The van der Waals surface area contributed by atoms with E-state index in [2.05, 4.69) is 5.32 Å². The third-order valence-electron chi connectivity index (χ3n) is 5.02. The molecule has 3 fully saturated rings. The van der Waals surface area contributed by atoms with Crippen molar-refractivity contribution in [1.82, 2.24) is 5.32 Å². The minimum Gasteiger partial charge on any atom is -0.550 e. The Balaban J connectivity index is 1.60. The number of fused-ring (bicyclic) bond motifs is 2. The van der Waals surface area contributed by atoms with Gasteiger partial charge in [-0.05, 0) is 43.9 Å². The Morgan fingerprint density at radius 1 is 1.16 bits per heavy atom. The fourth-order valence-electron chi connectivity index (χ4n) is 4.15. The van der Waals surface area contributed by atoms with Crippen molar-refractivity contribution in [3.8, 4) is 0 Å². The van der Waals surface area contributed by atoms with Crippen molar-refractivity contribution >= 4 is 11.9 Å². The lowest BCUT2D eigenvalue weighted by atomic mass is 9.78. The molecule has 0 aromatic rings.